The summed E-state index contributed by atoms with van der Waals surface area (Å²) >= 11 is 0. The topological polar surface area (TPSA) is 100 Å². The van der Waals surface area contributed by atoms with E-state index in [0.717, 1.165) is 0 Å². The number of hydrogen-bond acceptors (Lipinski definition) is 4. The van der Waals surface area contributed by atoms with Gasteiger partial charge < -0.3 is 20.4 Å². The molecule has 0 fully saturated rings. The number of ether oxygens (including phenoxy) is 1. The van der Waals surface area contributed by atoms with Crippen LogP contribution in [0.3, 0.4) is 0 Å². The molecule has 0 saturated carbocycles. The lowest BCUT2D eigenvalue weighted by Crippen LogP contribution is -2.19. The van der Waals surface area contributed by atoms with Crippen LogP contribution in [0.15, 0.2) is 48.5 Å². The number of ketones is 1. The number of para-hydroxylation sites is 1. The van der Waals surface area contributed by atoms with Crippen molar-refractivity contribution < 1.29 is 19.1 Å². The molecule has 30 heavy (non-hydrogen) atoms. The van der Waals surface area contributed by atoms with Crippen LogP contribution in [0, 0.1) is 13.8 Å². The molecule has 0 aliphatic rings. The van der Waals surface area contributed by atoms with Crippen molar-refractivity contribution in [2.45, 2.75) is 20.8 Å². The number of aromatic nitrogens is 1. The second kappa shape index (κ2) is 8.65. The van der Waals surface area contributed by atoms with Crippen LogP contribution in [0.1, 0.15) is 49.4 Å². The summed E-state index contributed by atoms with van der Waals surface area (Å²) < 4.78 is 5.17. The van der Waals surface area contributed by atoms with Gasteiger partial charge in [0.15, 0.2) is 5.78 Å². The second-order valence-electron chi connectivity index (χ2n) is 6.87. The lowest BCUT2D eigenvalue weighted by atomic mass is 10.1. The second-order valence-corrected chi connectivity index (χ2v) is 6.87. The van der Waals surface area contributed by atoms with Gasteiger partial charge in [0.25, 0.3) is 11.8 Å². The first-order chi connectivity index (χ1) is 14.3. The zero-order chi connectivity index (χ0) is 21.8. The lowest BCUT2D eigenvalue weighted by molar-refractivity contribution is 0.101. The van der Waals surface area contributed by atoms with Gasteiger partial charge in [0.1, 0.15) is 11.4 Å². The van der Waals surface area contributed by atoms with Crippen LogP contribution in [0.5, 0.6) is 5.75 Å². The number of benzene rings is 2. The Balaban J connectivity index is 1.85. The smallest absolute Gasteiger partial charge is 0.272 e. The molecule has 0 aliphatic carbocycles. The molecule has 2 aromatic carbocycles. The monoisotopic (exact) mass is 405 g/mol. The summed E-state index contributed by atoms with van der Waals surface area (Å²) in [5.74, 6) is -0.292. The first kappa shape index (κ1) is 20.9. The SMILES string of the molecule is COc1cccc(NC(=O)c2ccccc2NC(=O)c2[nH]c(C)c(C(C)=O)c2C)c1. The predicted octanol–water partition coefficient (Wildman–Crippen LogP) is 4.35. The van der Waals surface area contributed by atoms with Gasteiger partial charge in [-0.05, 0) is 50.6 Å². The number of aromatic amines is 1. The number of amides is 2. The molecule has 2 amide bonds. The van der Waals surface area contributed by atoms with E-state index in [4.69, 9.17) is 4.74 Å². The predicted molar refractivity (Wildman–Crippen MR) is 116 cm³/mol. The highest BCUT2D eigenvalue weighted by Crippen LogP contribution is 2.23. The summed E-state index contributed by atoms with van der Waals surface area (Å²) in [6, 6.07) is 13.7. The molecule has 7 heteroatoms. The summed E-state index contributed by atoms with van der Waals surface area (Å²) in [6.45, 7) is 4.93. The van der Waals surface area contributed by atoms with Gasteiger partial charge in [-0.2, -0.15) is 0 Å². The number of anilines is 2. The summed E-state index contributed by atoms with van der Waals surface area (Å²) in [5.41, 5.74) is 3.25. The molecule has 0 unspecified atom stereocenters. The Labute approximate surface area is 174 Å². The van der Waals surface area contributed by atoms with E-state index in [1.165, 1.54) is 6.92 Å². The van der Waals surface area contributed by atoms with Crippen molar-refractivity contribution in [3.8, 4) is 5.75 Å². The quantitative estimate of drug-likeness (QED) is 0.531. The fraction of sp³-hybridized carbons (Fsp3) is 0.174. The number of H-pyrrole nitrogens is 1. The highest BCUT2D eigenvalue weighted by atomic mass is 16.5. The minimum absolute atomic E-state index is 0.113. The normalized spacial score (nSPS) is 10.4. The van der Waals surface area contributed by atoms with Crippen molar-refractivity contribution in [1.82, 2.24) is 4.98 Å². The van der Waals surface area contributed by atoms with Crippen molar-refractivity contribution >= 4 is 29.0 Å². The molecular formula is C23H23N3O4. The van der Waals surface area contributed by atoms with Gasteiger partial charge in [-0.15, -0.1) is 0 Å². The Morgan fingerprint density at radius 1 is 0.933 bits per heavy atom. The van der Waals surface area contributed by atoms with Crippen LogP contribution in [0.2, 0.25) is 0 Å². The molecule has 3 aromatic rings. The molecule has 0 atom stereocenters. The molecule has 3 rings (SSSR count). The van der Waals surface area contributed by atoms with Gasteiger partial charge in [0.05, 0.1) is 18.4 Å². The number of carbonyl (C=O) groups excluding carboxylic acids is 3. The van der Waals surface area contributed by atoms with E-state index in [2.05, 4.69) is 15.6 Å². The van der Waals surface area contributed by atoms with Crippen LogP contribution in [0.25, 0.3) is 0 Å². The number of rotatable bonds is 6. The standard InChI is InChI=1S/C23H23N3O4/c1-13-20(15(3)27)14(2)24-21(13)23(29)26-19-11-6-5-10-18(19)22(28)25-16-8-7-9-17(12-16)30-4/h5-12,24H,1-4H3,(H,25,28)(H,26,29). The summed E-state index contributed by atoms with van der Waals surface area (Å²) in [7, 11) is 1.55. The zero-order valence-corrected chi connectivity index (χ0v) is 17.3. The van der Waals surface area contributed by atoms with E-state index in [1.54, 1.807) is 69.5 Å². The molecule has 0 bridgehead atoms. The van der Waals surface area contributed by atoms with Crippen LogP contribution in [-0.2, 0) is 0 Å². The Morgan fingerprint density at radius 3 is 2.33 bits per heavy atom. The number of nitrogens with one attached hydrogen (secondary N) is 3. The largest absolute Gasteiger partial charge is 0.497 e. The number of Topliss-reactive ketones (excluding diaryl/α,β-unsaturated/α-hetero) is 1. The Bertz CT molecular complexity index is 1130. The molecule has 1 aromatic heterocycles. The fourth-order valence-corrected chi connectivity index (χ4v) is 3.38. The van der Waals surface area contributed by atoms with Crippen LogP contribution >= 0.6 is 0 Å². The average molecular weight is 405 g/mol. The van der Waals surface area contributed by atoms with Gasteiger partial charge >= 0.3 is 0 Å². The third kappa shape index (κ3) is 4.25. The Kier molecular flexibility index (Phi) is 6.01. The molecule has 0 radical (unpaired) electrons. The van der Waals surface area contributed by atoms with E-state index in [1.807, 2.05) is 0 Å². The van der Waals surface area contributed by atoms with Crippen LogP contribution in [0.4, 0.5) is 11.4 Å². The first-order valence-electron chi connectivity index (χ1n) is 9.37. The highest BCUT2D eigenvalue weighted by Gasteiger charge is 2.21. The molecule has 3 N–H and O–H groups in total. The number of aryl methyl sites for hydroxylation is 1. The van der Waals surface area contributed by atoms with Crippen LogP contribution < -0.4 is 15.4 Å². The summed E-state index contributed by atoms with van der Waals surface area (Å²) in [5, 5.41) is 5.57. The fourth-order valence-electron chi connectivity index (χ4n) is 3.38. The lowest BCUT2D eigenvalue weighted by Gasteiger charge is -2.12. The number of methoxy groups -OCH3 is 1. The Morgan fingerprint density at radius 2 is 1.67 bits per heavy atom. The van der Waals surface area contributed by atoms with Crippen molar-refractivity contribution in [3.05, 3.63) is 76.6 Å². The maximum atomic E-state index is 12.8. The van der Waals surface area contributed by atoms with Crippen LogP contribution in [-0.4, -0.2) is 29.7 Å². The Hall–Kier alpha value is -3.87. The average Bonchev–Trinajstić information content (AvgIpc) is 3.02. The highest BCUT2D eigenvalue weighted by molar-refractivity contribution is 6.13. The first-order valence-corrected chi connectivity index (χ1v) is 9.37. The molecule has 1 heterocycles. The van der Waals surface area contributed by atoms with E-state index in [9.17, 15) is 14.4 Å². The van der Waals surface area contributed by atoms with Crippen molar-refractivity contribution in [1.29, 1.82) is 0 Å². The van der Waals surface area contributed by atoms with Gasteiger partial charge in [0, 0.05) is 23.0 Å². The molecule has 0 spiro atoms. The van der Waals surface area contributed by atoms with Gasteiger partial charge in [-0.3, -0.25) is 14.4 Å². The number of hydrogen-bond donors (Lipinski definition) is 3. The molecule has 154 valence electrons. The molecule has 0 aliphatic heterocycles. The van der Waals surface area contributed by atoms with Gasteiger partial charge in [-0.1, -0.05) is 18.2 Å². The third-order valence-corrected chi connectivity index (χ3v) is 4.76. The summed E-state index contributed by atoms with van der Waals surface area (Å²) in [6.07, 6.45) is 0. The van der Waals surface area contributed by atoms with E-state index < -0.39 is 5.91 Å². The number of carbonyl (C=O) groups is 3. The zero-order valence-electron chi connectivity index (χ0n) is 17.3. The maximum absolute atomic E-state index is 12.8. The van der Waals surface area contributed by atoms with E-state index in [0.29, 0.717) is 45.2 Å². The van der Waals surface area contributed by atoms with Crippen molar-refractivity contribution in [2.24, 2.45) is 0 Å². The van der Waals surface area contributed by atoms with Crippen molar-refractivity contribution in [2.75, 3.05) is 17.7 Å². The maximum Gasteiger partial charge on any atom is 0.272 e. The third-order valence-electron chi connectivity index (χ3n) is 4.76. The molecule has 7 nitrogen and oxygen atoms in total. The molecule has 0 saturated heterocycles. The van der Waals surface area contributed by atoms with E-state index in [-0.39, 0.29) is 11.7 Å². The van der Waals surface area contributed by atoms with Gasteiger partial charge in [-0.25, -0.2) is 0 Å². The van der Waals surface area contributed by atoms with E-state index >= 15 is 0 Å². The minimum atomic E-state index is -0.426. The minimum Gasteiger partial charge on any atom is -0.497 e. The van der Waals surface area contributed by atoms with Crippen molar-refractivity contribution in [3.63, 3.8) is 0 Å². The molecular weight excluding hydrogens is 382 g/mol. The van der Waals surface area contributed by atoms with Gasteiger partial charge in [0.2, 0.25) is 0 Å². The summed E-state index contributed by atoms with van der Waals surface area (Å²) in [4.78, 5) is 40.4.